The summed E-state index contributed by atoms with van der Waals surface area (Å²) in [5, 5.41) is 0. The number of nitrogen functional groups attached to an aromatic ring is 1. The van der Waals surface area contributed by atoms with Crippen LogP contribution in [0, 0.1) is 5.82 Å². The van der Waals surface area contributed by atoms with Gasteiger partial charge in [-0.15, -0.1) is 0 Å². The van der Waals surface area contributed by atoms with E-state index in [0.29, 0.717) is 25.3 Å². The van der Waals surface area contributed by atoms with Gasteiger partial charge in [-0.05, 0) is 24.3 Å². The van der Waals surface area contributed by atoms with Crippen molar-refractivity contribution < 1.29 is 13.9 Å². The summed E-state index contributed by atoms with van der Waals surface area (Å²) in [5.74, 6) is 0.650. The second kappa shape index (κ2) is 6.64. The van der Waals surface area contributed by atoms with Crippen LogP contribution in [0.25, 0.3) is 0 Å². The fourth-order valence-electron chi connectivity index (χ4n) is 1.60. The van der Waals surface area contributed by atoms with Gasteiger partial charge in [0.05, 0.1) is 13.2 Å². The number of hydrogen-bond acceptors (Lipinski definition) is 3. The molecule has 100 valence electrons. The molecule has 0 unspecified atom stereocenters. The Morgan fingerprint density at radius 1 is 0.947 bits per heavy atom. The Labute approximate surface area is 111 Å². The second-order valence-electron chi connectivity index (χ2n) is 4.05. The van der Waals surface area contributed by atoms with Crippen LogP contribution in [0.5, 0.6) is 11.5 Å². The first kappa shape index (κ1) is 13.2. The Bertz CT molecular complexity index is 531. The molecule has 2 rings (SSSR count). The first-order valence-electron chi connectivity index (χ1n) is 6.11. The molecular formula is C15H16FNO2. The molecule has 0 aliphatic carbocycles. The van der Waals surface area contributed by atoms with E-state index in [1.807, 2.05) is 12.1 Å². The maximum atomic E-state index is 13.2. The zero-order valence-electron chi connectivity index (χ0n) is 10.5. The fraction of sp³-hybridized carbons (Fsp3) is 0.200. The highest BCUT2D eigenvalue weighted by Crippen LogP contribution is 2.16. The molecule has 0 saturated heterocycles. The van der Waals surface area contributed by atoms with Gasteiger partial charge in [0.25, 0.3) is 0 Å². The van der Waals surface area contributed by atoms with Gasteiger partial charge in [-0.25, -0.2) is 4.39 Å². The van der Waals surface area contributed by atoms with E-state index >= 15 is 0 Å². The highest BCUT2D eigenvalue weighted by atomic mass is 19.1. The number of benzene rings is 2. The fourth-order valence-corrected chi connectivity index (χ4v) is 1.60. The van der Waals surface area contributed by atoms with Crippen molar-refractivity contribution in [2.24, 2.45) is 0 Å². The van der Waals surface area contributed by atoms with Crippen LogP contribution in [0.4, 0.5) is 10.1 Å². The van der Waals surface area contributed by atoms with E-state index in [1.165, 1.54) is 6.07 Å². The minimum Gasteiger partial charge on any atom is -0.493 e. The summed E-state index contributed by atoms with van der Waals surface area (Å²) in [6.45, 7) is 0.904. The van der Waals surface area contributed by atoms with Gasteiger partial charge in [0.1, 0.15) is 5.75 Å². The number of rotatable bonds is 6. The molecule has 0 radical (unpaired) electrons. The van der Waals surface area contributed by atoms with Crippen LogP contribution in [0.1, 0.15) is 6.42 Å². The van der Waals surface area contributed by atoms with E-state index in [-0.39, 0.29) is 11.6 Å². The minimum absolute atomic E-state index is 0.270. The Morgan fingerprint density at radius 2 is 1.74 bits per heavy atom. The van der Waals surface area contributed by atoms with E-state index in [4.69, 9.17) is 15.2 Å². The summed E-state index contributed by atoms with van der Waals surface area (Å²) in [5.41, 5.74) is 6.30. The Balaban J connectivity index is 1.69. The monoisotopic (exact) mass is 261 g/mol. The van der Waals surface area contributed by atoms with Gasteiger partial charge in [0.15, 0.2) is 11.6 Å². The molecule has 0 aliphatic heterocycles. The number of halogens is 1. The predicted molar refractivity (Wildman–Crippen MR) is 72.9 cm³/mol. The highest BCUT2D eigenvalue weighted by Gasteiger charge is 2.01. The third-order valence-corrected chi connectivity index (χ3v) is 2.51. The number of hydrogen-bond donors (Lipinski definition) is 1. The Hall–Kier alpha value is -2.23. The van der Waals surface area contributed by atoms with Crippen molar-refractivity contribution in [1.82, 2.24) is 0 Å². The molecule has 4 heteroatoms. The second-order valence-corrected chi connectivity index (χ2v) is 4.05. The molecule has 0 atom stereocenters. The average Bonchev–Trinajstić information content (AvgIpc) is 2.40. The zero-order chi connectivity index (χ0) is 13.5. The zero-order valence-corrected chi connectivity index (χ0v) is 10.5. The topological polar surface area (TPSA) is 44.5 Å². The molecule has 2 aromatic carbocycles. The maximum Gasteiger partial charge on any atom is 0.165 e. The highest BCUT2D eigenvalue weighted by molar-refractivity contribution is 5.43. The van der Waals surface area contributed by atoms with Gasteiger partial charge in [-0.2, -0.15) is 0 Å². The summed E-state index contributed by atoms with van der Waals surface area (Å²) in [4.78, 5) is 0. The van der Waals surface area contributed by atoms with Crippen molar-refractivity contribution in [1.29, 1.82) is 0 Å². The third-order valence-electron chi connectivity index (χ3n) is 2.51. The standard InChI is InChI=1S/C15H16FNO2/c16-14-7-1-2-8-15(14)19-10-4-9-18-13-6-3-5-12(17)11-13/h1-3,5-8,11H,4,9-10,17H2. The molecule has 3 nitrogen and oxygen atoms in total. The first-order chi connectivity index (χ1) is 9.25. The van der Waals surface area contributed by atoms with E-state index in [1.54, 1.807) is 30.3 Å². The summed E-state index contributed by atoms with van der Waals surface area (Å²) >= 11 is 0. The van der Waals surface area contributed by atoms with Gasteiger partial charge in [-0.3, -0.25) is 0 Å². The van der Waals surface area contributed by atoms with E-state index in [2.05, 4.69) is 0 Å². The van der Waals surface area contributed by atoms with Crippen molar-refractivity contribution in [3.63, 3.8) is 0 Å². The molecule has 0 heterocycles. The summed E-state index contributed by atoms with van der Waals surface area (Å²) in [7, 11) is 0. The molecular weight excluding hydrogens is 245 g/mol. The molecule has 19 heavy (non-hydrogen) atoms. The molecule has 2 N–H and O–H groups in total. The van der Waals surface area contributed by atoms with Crippen LogP contribution >= 0.6 is 0 Å². The Morgan fingerprint density at radius 3 is 2.53 bits per heavy atom. The summed E-state index contributed by atoms with van der Waals surface area (Å²) in [6.07, 6.45) is 0.670. The van der Waals surface area contributed by atoms with Crippen LogP contribution in [-0.4, -0.2) is 13.2 Å². The molecule has 0 spiro atoms. The number of anilines is 1. The lowest BCUT2D eigenvalue weighted by molar-refractivity contribution is 0.241. The van der Waals surface area contributed by atoms with Crippen molar-refractivity contribution >= 4 is 5.69 Å². The quantitative estimate of drug-likeness (QED) is 0.641. The molecule has 0 bridgehead atoms. The van der Waals surface area contributed by atoms with Gasteiger partial charge in [0.2, 0.25) is 0 Å². The summed E-state index contributed by atoms with van der Waals surface area (Å²) < 4.78 is 24.1. The molecule has 0 fully saturated rings. The lowest BCUT2D eigenvalue weighted by atomic mass is 10.3. The molecule has 2 aromatic rings. The molecule has 0 aromatic heterocycles. The van der Waals surface area contributed by atoms with Crippen molar-refractivity contribution in [3.05, 3.63) is 54.3 Å². The molecule has 0 saturated carbocycles. The molecule has 0 aliphatic rings. The number of ether oxygens (including phenoxy) is 2. The largest absolute Gasteiger partial charge is 0.493 e. The smallest absolute Gasteiger partial charge is 0.165 e. The van der Waals surface area contributed by atoms with E-state index in [9.17, 15) is 4.39 Å². The van der Waals surface area contributed by atoms with Crippen molar-refractivity contribution in [3.8, 4) is 11.5 Å². The summed E-state index contributed by atoms with van der Waals surface area (Å²) in [6, 6.07) is 13.6. The third kappa shape index (κ3) is 4.17. The van der Waals surface area contributed by atoms with Crippen LogP contribution in [0.3, 0.4) is 0 Å². The first-order valence-corrected chi connectivity index (χ1v) is 6.11. The maximum absolute atomic E-state index is 13.2. The number of nitrogens with two attached hydrogens (primary N) is 1. The Kier molecular flexibility index (Phi) is 4.61. The van der Waals surface area contributed by atoms with Crippen LogP contribution < -0.4 is 15.2 Å². The van der Waals surface area contributed by atoms with Crippen molar-refractivity contribution in [2.45, 2.75) is 6.42 Å². The van der Waals surface area contributed by atoms with Gasteiger partial charge < -0.3 is 15.2 Å². The van der Waals surface area contributed by atoms with E-state index < -0.39 is 0 Å². The van der Waals surface area contributed by atoms with Crippen molar-refractivity contribution in [2.75, 3.05) is 18.9 Å². The van der Waals surface area contributed by atoms with Gasteiger partial charge in [-0.1, -0.05) is 18.2 Å². The number of para-hydroxylation sites is 1. The normalized spacial score (nSPS) is 10.2. The van der Waals surface area contributed by atoms with Crippen LogP contribution in [0.2, 0.25) is 0 Å². The minimum atomic E-state index is -0.348. The van der Waals surface area contributed by atoms with E-state index in [0.717, 1.165) is 5.75 Å². The van der Waals surface area contributed by atoms with Gasteiger partial charge in [0, 0.05) is 18.2 Å². The van der Waals surface area contributed by atoms with Crippen LogP contribution in [0.15, 0.2) is 48.5 Å². The van der Waals surface area contributed by atoms with Gasteiger partial charge >= 0.3 is 0 Å². The lowest BCUT2D eigenvalue weighted by Gasteiger charge is -2.08. The SMILES string of the molecule is Nc1cccc(OCCCOc2ccccc2F)c1. The van der Waals surface area contributed by atoms with Crippen LogP contribution in [-0.2, 0) is 0 Å². The lowest BCUT2D eigenvalue weighted by Crippen LogP contribution is -2.05. The predicted octanol–water partition coefficient (Wildman–Crippen LogP) is 3.26. The average molecular weight is 261 g/mol. The molecule has 0 amide bonds.